The average Bonchev–Trinajstić information content (AvgIpc) is 2.88. The van der Waals surface area contributed by atoms with E-state index in [2.05, 4.69) is 41.7 Å². The van der Waals surface area contributed by atoms with Crippen molar-refractivity contribution in [1.29, 1.82) is 0 Å². The van der Waals surface area contributed by atoms with E-state index in [-0.39, 0.29) is 10.6 Å². The van der Waals surface area contributed by atoms with Gasteiger partial charge in [-0.05, 0) is 57.4 Å². The Labute approximate surface area is 201 Å². The summed E-state index contributed by atoms with van der Waals surface area (Å²) in [6.07, 6.45) is 0. The maximum atomic E-state index is 11.3. The number of nitro benzene ring substituents is 1. The summed E-state index contributed by atoms with van der Waals surface area (Å²) in [5.41, 5.74) is 2.33. The molecule has 5 aromatic carbocycles. The Morgan fingerprint density at radius 1 is 0.824 bits per heavy atom. The fraction of sp³-hybridized carbons (Fsp3) is 0.0714. The van der Waals surface area contributed by atoms with Crippen LogP contribution < -0.4 is 10.1 Å². The minimum absolute atomic E-state index is 0.0962. The normalized spacial score (nSPS) is 11.0. The smallest absolute Gasteiger partial charge is 0.270 e. The van der Waals surface area contributed by atoms with E-state index in [9.17, 15) is 10.1 Å². The molecule has 0 bridgehead atoms. The second kappa shape index (κ2) is 9.45. The standard InChI is InChI=1S/C28H22N2O3S/c1-33-21-15-13-19(14-16-21)29-18-27-23-9-2-4-11-25(23)28(26-12-5-3-10-24(26)27)34-22-8-6-7-20(17-22)30(31)32/h2-17,29H,18H2,1H3. The molecule has 5 nitrogen and oxygen atoms in total. The molecular weight excluding hydrogens is 444 g/mol. The Morgan fingerprint density at radius 3 is 2.03 bits per heavy atom. The van der Waals surface area contributed by atoms with Gasteiger partial charge in [-0.1, -0.05) is 66.4 Å². The van der Waals surface area contributed by atoms with Crippen LogP contribution in [0.2, 0.25) is 0 Å². The van der Waals surface area contributed by atoms with Gasteiger partial charge in [0, 0.05) is 34.2 Å². The summed E-state index contributed by atoms with van der Waals surface area (Å²) in [4.78, 5) is 12.9. The van der Waals surface area contributed by atoms with Gasteiger partial charge < -0.3 is 10.1 Å². The molecule has 6 heteroatoms. The third kappa shape index (κ3) is 4.28. The van der Waals surface area contributed by atoms with Crippen molar-refractivity contribution in [2.24, 2.45) is 0 Å². The molecule has 0 spiro atoms. The van der Waals surface area contributed by atoms with E-state index < -0.39 is 0 Å². The van der Waals surface area contributed by atoms with Crippen LogP contribution in [0.5, 0.6) is 5.75 Å². The summed E-state index contributed by atoms with van der Waals surface area (Å²) in [6, 6.07) is 31.4. The summed E-state index contributed by atoms with van der Waals surface area (Å²) in [7, 11) is 1.66. The van der Waals surface area contributed by atoms with Crippen LogP contribution in [0.1, 0.15) is 5.56 Å². The largest absolute Gasteiger partial charge is 0.497 e. The zero-order valence-electron chi connectivity index (χ0n) is 18.5. The van der Waals surface area contributed by atoms with Gasteiger partial charge >= 0.3 is 0 Å². The SMILES string of the molecule is COc1ccc(NCc2c3ccccc3c(Sc3cccc([N+](=O)[O-])c3)c3ccccc23)cc1. The summed E-state index contributed by atoms with van der Waals surface area (Å²) in [5, 5.41) is 19.4. The Kier molecular flexibility index (Phi) is 6.06. The zero-order chi connectivity index (χ0) is 23.5. The summed E-state index contributed by atoms with van der Waals surface area (Å²) in [5.74, 6) is 0.823. The Morgan fingerprint density at radius 2 is 1.44 bits per heavy atom. The first kappa shape index (κ1) is 21.8. The van der Waals surface area contributed by atoms with Crippen molar-refractivity contribution in [1.82, 2.24) is 0 Å². The number of nitrogens with zero attached hydrogens (tertiary/aromatic N) is 1. The van der Waals surface area contributed by atoms with Crippen molar-refractivity contribution in [3.8, 4) is 5.75 Å². The molecule has 0 aromatic heterocycles. The first-order valence-electron chi connectivity index (χ1n) is 10.9. The first-order valence-corrected chi connectivity index (χ1v) is 11.7. The molecule has 0 amide bonds. The Hall–Kier alpha value is -4.03. The van der Waals surface area contributed by atoms with Gasteiger partial charge in [-0.15, -0.1) is 0 Å². The lowest BCUT2D eigenvalue weighted by atomic mass is 9.96. The number of hydrogen-bond acceptors (Lipinski definition) is 5. The minimum Gasteiger partial charge on any atom is -0.497 e. The highest BCUT2D eigenvalue weighted by Gasteiger charge is 2.16. The topological polar surface area (TPSA) is 64.4 Å². The van der Waals surface area contributed by atoms with Crippen LogP contribution >= 0.6 is 11.8 Å². The minimum atomic E-state index is -0.353. The van der Waals surface area contributed by atoms with E-state index in [4.69, 9.17) is 4.74 Å². The fourth-order valence-electron chi connectivity index (χ4n) is 4.16. The van der Waals surface area contributed by atoms with Crippen LogP contribution in [0.25, 0.3) is 21.5 Å². The van der Waals surface area contributed by atoms with Gasteiger partial charge in [0.1, 0.15) is 5.75 Å². The zero-order valence-corrected chi connectivity index (χ0v) is 19.3. The molecule has 0 aliphatic rings. The van der Waals surface area contributed by atoms with Gasteiger partial charge in [0.2, 0.25) is 0 Å². The van der Waals surface area contributed by atoms with E-state index in [0.29, 0.717) is 6.54 Å². The lowest BCUT2D eigenvalue weighted by molar-refractivity contribution is -0.385. The number of rotatable bonds is 7. The number of fused-ring (bicyclic) bond motifs is 2. The number of anilines is 1. The second-order valence-corrected chi connectivity index (χ2v) is 8.92. The number of hydrogen-bond donors (Lipinski definition) is 1. The quantitative estimate of drug-likeness (QED) is 0.151. The maximum Gasteiger partial charge on any atom is 0.270 e. The third-order valence-electron chi connectivity index (χ3n) is 5.80. The van der Waals surface area contributed by atoms with Crippen LogP contribution in [0.15, 0.2) is 107 Å². The van der Waals surface area contributed by atoms with Crippen LogP contribution in [0.3, 0.4) is 0 Å². The van der Waals surface area contributed by atoms with E-state index in [1.807, 2.05) is 42.5 Å². The second-order valence-electron chi connectivity index (χ2n) is 7.84. The molecule has 168 valence electrons. The molecule has 0 unspecified atom stereocenters. The monoisotopic (exact) mass is 466 g/mol. The molecule has 0 radical (unpaired) electrons. The van der Waals surface area contributed by atoms with Crippen LogP contribution in [0.4, 0.5) is 11.4 Å². The number of ether oxygens (including phenoxy) is 1. The lowest BCUT2D eigenvalue weighted by Gasteiger charge is -2.17. The number of methoxy groups -OCH3 is 1. The van der Waals surface area contributed by atoms with Crippen molar-refractivity contribution in [3.05, 3.63) is 113 Å². The molecule has 34 heavy (non-hydrogen) atoms. The Bertz CT molecular complexity index is 1440. The van der Waals surface area contributed by atoms with E-state index in [1.165, 1.54) is 11.6 Å². The number of nitro groups is 1. The number of benzene rings is 5. The predicted octanol–water partition coefficient (Wildman–Crippen LogP) is 7.67. The molecule has 1 N–H and O–H groups in total. The lowest BCUT2D eigenvalue weighted by Crippen LogP contribution is -2.02. The molecule has 0 atom stereocenters. The van der Waals surface area contributed by atoms with Gasteiger partial charge in [0.05, 0.1) is 12.0 Å². The van der Waals surface area contributed by atoms with E-state index >= 15 is 0 Å². The molecule has 0 aliphatic heterocycles. The van der Waals surface area contributed by atoms with Crippen LogP contribution in [0, 0.1) is 10.1 Å². The highest BCUT2D eigenvalue weighted by molar-refractivity contribution is 7.99. The van der Waals surface area contributed by atoms with Crippen LogP contribution in [-0.2, 0) is 6.54 Å². The molecule has 0 saturated heterocycles. The van der Waals surface area contributed by atoms with Gasteiger partial charge in [0.15, 0.2) is 0 Å². The third-order valence-corrected chi connectivity index (χ3v) is 6.93. The molecule has 0 aliphatic carbocycles. The van der Waals surface area contributed by atoms with Gasteiger partial charge in [-0.2, -0.15) is 0 Å². The molecule has 0 heterocycles. The molecular formula is C28H22N2O3S. The van der Waals surface area contributed by atoms with Gasteiger partial charge in [0.25, 0.3) is 5.69 Å². The highest BCUT2D eigenvalue weighted by Crippen LogP contribution is 2.42. The summed E-state index contributed by atoms with van der Waals surface area (Å²) < 4.78 is 5.26. The predicted molar refractivity (Wildman–Crippen MR) is 139 cm³/mol. The Balaban J connectivity index is 1.60. The average molecular weight is 467 g/mol. The molecule has 5 aromatic rings. The fourth-order valence-corrected chi connectivity index (χ4v) is 5.29. The molecule has 0 saturated carbocycles. The van der Waals surface area contributed by atoms with E-state index in [1.54, 1.807) is 31.0 Å². The number of non-ortho nitro benzene ring substituents is 1. The highest BCUT2D eigenvalue weighted by atomic mass is 32.2. The molecule has 5 rings (SSSR count). The van der Waals surface area contributed by atoms with Crippen molar-refractivity contribution in [3.63, 3.8) is 0 Å². The van der Waals surface area contributed by atoms with E-state index in [0.717, 1.165) is 42.8 Å². The first-order chi connectivity index (χ1) is 16.6. The summed E-state index contributed by atoms with van der Waals surface area (Å²) >= 11 is 1.57. The van der Waals surface area contributed by atoms with Crippen molar-refractivity contribution in [2.75, 3.05) is 12.4 Å². The summed E-state index contributed by atoms with van der Waals surface area (Å²) in [6.45, 7) is 0.662. The van der Waals surface area contributed by atoms with Crippen molar-refractivity contribution >= 4 is 44.7 Å². The van der Waals surface area contributed by atoms with Crippen LogP contribution in [-0.4, -0.2) is 12.0 Å². The maximum absolute atomic E-state index is 11.3. The number of nitrogens with one attached hydrogen (secondary N) is 1. The van der Waals surface area contributed by atoms with Gasteiger partial charge in [-0.3, -0.25) is 10.1 Å². The molecule has 0 fully saturated rings. The van der Waals surface area contributed by atoms with Crippen molar-refractivity contribution in [2.45, 2.75) is 16.3 Å². The van der Waals surface area contributed by atoms with Gasteiger partial charge in [-0.25, -0.2) is 0 Å². The van der Waals surface area contributed by atoms with Crippen molar-refractivity contribution < 1.29 is 9.66 Å².